The summed E-state index contributed by atoms with van der Waals surface area (Å²) in [7, 11) is 0. The number of nitrogens with zero attached hydrogens (tertiary/aromatic N) is 4. The van der Waals surface area contributed by atoms with Crippen molar-refractivity contribution < 1.29 is 14.6 Å². The number of rotatable bonds is 4. The summed E-state index contributed by atoms with van der Waals surface area (Å²) in [6.07, 6.45) is 1.20. The van der Waals surface area contributed by atoms with Gasteiger partial charge in [0.1, 0.15) is 35.5 Å². The molecule has 8 nitrogen and oxygen atoms in total. The van der Waals surface area contributed by atoms with Crippen LogP contribution >= 0.6 is 11.6 Å². The lowest BCUT2D eigenvalue weighted by Crippen LogP contribution is -2.34. The number of aliphatic hydroxyl groups excluding tert-OH is 2. The highest BCUT2D eigenvalue weighted by Crippen LogP contribution is 2.70. The van der Waals surface area contributed by atoms with Crippen molar-refractivity contribution in [2.75, 3.05) is 11.5 Å². The Morgan fingerprint density at radius 3 is 2.76 bits per heavy atom. The molecule has 0 aliphatic heterocycles. The lowest BCUT2D eigenvalue weighted by molar-refractivity contribution is -0.0194. The number of halogens is 2. The lowest BCUT2D eigenvalue weighted by Gasteiger charge is -2.25. The van der Waals surface area contributed by atoms with Gasteiger partial charge in [-0.2, -0.15) is 0 Å². The van der Waals surface area contributed by atoms with E-state index in [-0.39, 0.29) is 28.6 Å². The molecule has 5 atom stereocenters. The molecule has 6 rings (SSSR count). The Kier molecular flexibility index (Phi) is 4.58. The Balaban J connectivity index is 1.30. The first-order valence-electron chi connectivity index (χ1n) is 11.2. The summed E-state index contributed by atoms with van der Waals surface area (Å²) in [6.45, 7) is 1.93. The van der Waals surface area contributed by atoms with Crippen molar-refractivity contribution in [1.82, 2.24) is 19.5 Å². The first kappa shape index (κ1) is 21.5. The molecule has 0 spiro atoms. The Morgan fingerprint density at radius 2 is 1.97 bits per heavy atom. The number of hydrogen-bond acceptors (Lipinski definition) is 7. The van der Waals surface area contributed by atoms with E-state index < -0.39 is 17.6 Å². The SMILES string of the molecule is Cc1cc2c(N)ncnc2n1C1C(O)C(O)C2(CCc3cc4nc(N)c(Cl)cc4cc3F)CC12. The maximum absolute atomic E-state index is 14.9. The Morgan fingerprint density at radius 1 is 1.18 bits per heavy atom. The molecule has 5 unspecified atom stereocenters. The number of nitrogen functional groups attached to an aromatic ring is 2. The third-order valence-electron chi connectivity index (χ3n) is 7.83. The molecule has 4 aromatic rings. The normalized spacial score (nSPS) is 28.0. The van der Waals surface area contributed by atoms with Crippen LogP contribution in [0.3, 0.4) is 0 Å². The number of pyridine rings is 1. The van der Waals surface area contributed by atoms with Crippen molar-refractivity contribution >= 4 is 45.2 Å². The summed E-state index contributed by atoms with van der Waals surface area (Å²) in [5.41, 5.74) is 14.0. The van der Waals surface area contributed by atoms with Crippen LogP contribution < -0.4 is 11.5 Å². The first-order valence-corrected chi connectivity index (χ1v) is 11.6. The van der Waals surface area contributed by atoms with Crippen LogP contribution in [-0.4, -0.2) is 41.9 Å². The zero-order valence-electron chi connectivity index (χ0n) is 18.4. The number of anilines is 2. The van der Waals surface area contributed by atoms with Crippen LogP contribution in [0.15, 0.2) is 30.6 Å². The topological polar surface area (TPSA) is 136 Å². The molecule has 2 saturated carbocycles. The van der Waals surface area contributed by atoms with E-state index >= 15 is 0 Å². The number of fused-ring (bicyclic) bond motifs is 3. The second-order valence-electron chi connectivity index (χ2n) is 9.61. The number of hydrogen-bond donors (Lipinski definition) is 4. The first-order chi connectivity index (χ1) is 16.2. The van der Waals surface area contributed by atoms with Gasteiger partial charge in [-0.1, -0.05) is 11.6 Å². The molecule has 1 aromatic carbocycles. The highest BCUT2D eigenvalue weighted by Gasteiger charge is 2.70. The van der Waals surface area contributed by atoms with Crippen molar-refractivity contribution in [2.24, 2.45) is 11.3 Å². The van der Waals surface area contributed by atoms with Crippen molar-refractivity contribution in [1.29, 1.82) is 0 Å². The van der Waals surface area contributed by atoms with Gasteiger partial charge in [0.05, 0.1) is 28.1 Å². The lowest BCUT2D eigenvalue weighted by atomic mass is 9.91. The van der Waals surface area contributed by atoms with Gasteiger partial charge >= 0.3 is 0 Å². The summed E-state index contributed by atoms with van der Waals surface area (Å²) in [5.74, 6) is 0.264. The van der Waals surface area contributed by atoms with Crippen LogP contribution in [0, 0.1) is 24.1 Å². The van der Waals surface area contributed by atoms with Crippen LogP contribution in [0.25, 0.3) is 21.9 Å². The third kappa shape index (κ3) is 2.93. The fraction of sp³-hybridized carbons (Fsp3) is 0.375. The number of nitrogens with two attached hydrogens (primary N) is 2. The van der Waals surface area contributed by atoms with Gasteiger partial charge in [0.15, 0.2) is 0 Å². The molecule has 0 radical (unpaired) electrons. The zero-order chi connectivity index (χ0) is 23.9. The fourth-order valence-electron chi connectivity index (χ4n) is 6.02. The molecule has 3 heterocycles. The van der Waals surface area contributed by atoms with E-state index in [1.807, 2.05) is 17.6 Å². The molecular weight excluding hydrogens is 459 g/mol. The molecule has 2 aliphatic rings. The number of aromatic nitrogens is 4. The molecule has 34 heavy (non-hydrogen) atoms. The van der Waals surface area contributed by atoms with E-state index in [9.17, 15) is 14.6 Å². The maximum Gasteiger partial charge on any atom is 0.146 e. The smallest absolute Gasteiger partial charge is 0.146 e. The van der Waals surface area contributed by atoms with Crippen LogP contribution in [0.5, 0.6) is 0 Å². The second kappa shape index (κ2) is 7.24. The molecule has 2 aliphatic carbocycles. The van der Waals surface area contributed by atoms with Crippen molar-refractivity contribution in [3.63, 3.8) is 0 Å². The quantitative estimate of drug-likeness (QED) is 0.350. The number of aryl methyl sites for hydroxylation is 2. The predicted molar refractivity (Wildman–Crippen MR) is 128 cm³/mol. The predicted octanol–water partition coefficient (Wildman–Crippen LogP) is 3.16. The zero-order valence-corrected chi connectivity index (χ0v) is 19.2. The summed E-state index contributed by atoms with van der Waals surface area (Å²) in [5, 5.41) is 23.7. The highest BCUT2D eigenvalue weighted by atomic mass is 35.5. The summed E-state index contributed by atoms with van der Waals surface area (Å²) < 4.78 is 16.8. The van der Waals surface area contributed by atoms with Gasteiger partial charge in [-0.05, 0) is 61.9 Å². The molecule has 2 fully saturated rings. The molecule has 176 valence electrons. The average Bonchev–Trinajstić information content (AvgIpc) is 3.36. The Hall–Kier alpha value is -3.01. The van der Waals surface area contributed by atoms with E-state index in [4.69, 9.17) is 23.1 Å². The van der Waals surface area contributed by atoms with E-state index in [0.29, 0.717) is 40.8 Å². The largest absolute Gasteiger partial charge is 0.390 e. The van der Waals surface area contributed by atoms with Gasteiger partial charge in [0.25, 0.3) is 0 Å². The van der Waals surface area contributed by atoms with Gasteiger partial charge < -0.3 is 26.2 Å². The molecule has 0 bridgehead atoms. The molecule has 3 aromatic heterocycles. The molecule has 6 N–H and O–H groups in total. The Labute approximate surface area is 199 Å². The minimum atomic E-state index is -0.964. The van der Waals surface area contributed by atoms with Crippen LogP contribution in [0.1, 0.15) is 30.1 Å². The minimum absolute atomic E-state index is 0.0408. The third-order valence-corrected chi connectivity index (χ3v) is 8.13. The van der Waals surface area contributed by atoms with E-state index in [2.05, 4.69) is 15.0 Å². The fourth-order valence-corrected chi connectivity index (χ4v) is 6.18. The van der Waals surface area contributed by atoms with Crippen molar-refractivity contribution in [3.05, 3.63) is 52.7 Å². The highest BCUT2D eigenvalue weighted by molar-refractivity contribution is 6.33. The van der Waals surface area contributed by atoms with Gasteiger partial charge in [-0.15, -0.1) is 0 Å². The average molecular weight is 483 g/mol. The van der Waals surface area contributed by atoms with Crippen LogP contribution in [0.2, 0.25) is 5.02 Å². The van der Waals surface area contributed by atoms with E-state index in [0.717, 1.165) is 17.5 Å². The van der Waals surface area contributed by atoms with Crippen molar-refractivity contribution in [3.8, 4) is 0 Å². The summed E-state index contributed by atoms with van der Waals surface area (Å²) in [4.78, 5) is 12.7. The van der Waals surface area contributed by atoms with E-state index in [1.165, 1.54) is 12.4 Å². The summed E-state index contributed by atoms with van der Waals surface area (Å²) in [6, 6.07) is 6.26. The minimum Gasteiger partial charge on any atom is -0.390 e. The van der Waals surface area contributed by atoms with Gasteiger partial charge in [-0.25, -0.2) is 19.3 Å². The number of aliphatic hydroxyl groups is 2. The summed E-state index contributed by atoms with van der Waals surface area (Å²) >= 11 is 6.01. The molecular formula is C24H24ClFN6O2. The second-order valence-corrected chi connectivity index (χ2v) is 10.0. The molecule has 0 saturated heterocycles. The van der Waals surface area contributed by atoms with E-state index in [1.54, 1.807) is 12.1 Å². The molecule has 0 amide bonds. The van der Waals surface area contributed by atoms with Gasteiger partial charge in [0, 0.05) is 16.5 Å². The number of benzene rings is 1. The van der Waals surface area contributed by atoms with Crippen LogP contribution in [-0.2, 0) is 6.42 Å². The Bertz CT molecular complexity index is 1480. The maximum atomic E-state index is 14.9. The molecule has 10 heteroatoms. The van der Waals surface area contributed by atoms with Crippen molar-refractivity contribution in [2.45, 2.75) is 44.4 Å². The monoisotopic (exact) mass is 482 g/mol. The standard InChI is InChI=1S/C24H24ClFN6O2/c1-10-4-13-21(27)29-9-30-23(13)32(10)18-14-8-24(14,20(34)19(18)33)3-2-11-7-17-12(6-16(11)26)5-15(25)22(28)31-17/h4-7,9,14,18-20,33-34H,2-3,8H2,1H3,(H2,28,31)(H2,27,29,30). The van der Waals surface area contributed by atoms with Crippen LogP contribution in [0.4, 0.5) is 16.0 Å². The van der Waals surface area contributed by atoms with Gasteiger partial charge in [0.2, 0.25) is 0 Å². The van der Waals surface area contributed by atoms with Gasteiger partial charge in [-0.3, -0.25) is 0 Å².